The van der Waals surface area contributed by atoms with Crippen LogP contribution in [0.5, 0.6) is 0 Å². The summed E-state index contributed by atoms with van der Waals surface area (Å²) in [5.41, 5.74) is 7.18. The molecule has 0 aliphatic heterocycles. The molecule has 3 heteroatoms. The van der Waals surface area contributed by atoms with E-state index in [2.05, 4.69) is 38.7 Å². The van der Waals surface area contributed by atoms with Crippen LogP contribution in [0.4, 0.5) is 0 Å². The lowest BCUT2D eigenvalue weighted by atomic mass is 10.0. The molecule has 0 aliphatic carbocycles. The second-order valence-corrected chi connectivity index (χ2v) is 6.35. The quantitative estimate of drug-likeness (QED) is 0.777. The summed E-state index contributed by atoms with van der Waals surface area (Å²) in [5.74, 6) is 0.831. The van der Waals surface area contributed by atoms with Gasteiger partial charge in [0.15, 0.2) is 0 Å². The smallest absolute Gasteiger partial charge is 0.0274 e. The molecule has 0 saturated carbocycles. The molecule has 0 unspecified atom stereocenters. The van der Waals surface area contributed by atoms with E-state index < -0.39 is 0 Å². The van der Waals surface area contributed by atoms with Gasteiger partial charge in [-0.15, -0.1) is 11.3 Å². The van der Waals surface area contributed by atoms with Gasteiger partial charge in [-0.05, 0) is 31.0 Å². The second-order valence-electron chi connectivity index (χ2n) is 5.01. The molecule has 18 heavy (non-hydrogen) atoms. The van der Waals surface area contributed by atoms with E-state index in [4.69, 9.17) is 5.73 Å². The van der Waals surface area contributed by atoms with Crippen LogP contribution in [-0.4, -0.2) is 18.0 Å². The SMILES string of the molecule is CCC(CC)CN(CC)Cc1cc(CN)sc1C. The number of nitrogens with zero attached hydrogens (tertiary/aromatic N) is 1. The zero-order valence-corrected chi connectivity index (χ0v) is 13.1. The Morgan fingerprint density at radius 2 is 1.94 bits per heavy atom. The third kappa shape index (κ3) is 4.38. The largest absolute Gasteiger partial charge is 0.326 e. The highest BCUT2D eigenvalue weighted by Gasteiger charge is 2.13. The van der Waals surface area contributed by atoms with Crippen LogP contribution in [0.1, 0.15) is 48.9 Å². The molecule has 0 amide bonds. The average Bonchev–Trinajstić information content (AvgIpc) is 2.75. The summed E-state index contributed by atoms with van der Waals surface area (Å²) in [5, 5.41) is 0. The van der Waals surface area contributed by atoms with Gasteiger partial charge in [0.25, 0.3) is 0 Å². The highest BCUT2D eigenvalue weighted by molar-refractivity contribution is 7.12. The minimum Gasteiger partial charge on any atom is -0.326 e. The lowest BCUT2D eigenvalue weighted by Gasteiger charge is -2.25. The van der Waals surface area contributed by atoms with Gasteiger partial charge >= 0.3 is 0 Å². The summed E-state index contributed by atoms with van der Waals surface area (Å²) in [6.07, 6.45) is 2.56. The Morgan fingerprint density at radius 1 is 1.28 bits per heavy atom. The fourth-order valence-corrected chi connectivity index (χ4v) is 3.24. The molecule has 0 aromatic carbocycles. The van der Waals surface area contributed by atoms with Gasteiger partial charge in [-0.25, -0.2) is 0 Å². The highest BCUT2D eigenvalue weighted by Crippen LogP contribution is 2.23. The van der Waals surface area contributed by atoms with Crippen molar-refractivity contribution >= 4 is 11.3 Å². The van der Waals surface area contributed by atoms with Gasteiger partial charge in [0, 0.05) is 29.4 Å². The van der Waals surface area contributed by atoms with Gasteiger partial charge in [-0.3, -0.25) is 4.90 Å². The predicted molar refractivity (Wildman–Crippen MR) is 82.0 cm³/mol. The molecule has 0 spiro atoms. The van der Waals surface area contributed by atoms with E-state index in [0.717, 1.165) is 19.0 Å². The molecule has 0 radical (unpaired) electrons. The number of rotatable bonds is 8. The molecule has 2 N–H and O–H groups in total. The standard InChI is InChI=1S/C15H28N2S/c1-5-13(6-2)10-17(7-3)11-14-8-15(9-16)18-12(14)4/h8,13H,5-7,9-11,16H2,1-4H3. The van der Waals surface area contributed by atoms with E-state index in [1.807, 2.05) is 11.3 Å². The fraction of sp³-hybridized carbons (Fsp3) is 0.733. The Morgan fingerprint density at radius 3 is 2.39 bits per heavy atom. The molecule has 104 valence electrons. The first kappa shape index (κ1) is 15.7. The van der Waals surface area contributed by atoms with E-state index in [0.29, 0.717) is 6.54 Å². The Labute approximate surface area is 116 Å². The van der Waals surface area contributed by atoms with Crippen LogP contribution in [0.3, 0.4) is 0 Å². The van der Waals surface area contributed by atoms with Crippen LogP contribution in [0.15, 0.2) is 6.07 Å². The van der Waals surface area contributed by atoms with Crippen molar-refractivity contribution in [2.24, 2.45) is 11.7 Å². The highest BCUT2D eigenvalue weighted by atomic mass is 32.1. The second kappa shape index (κ2) is 7.93. The van der Waals surface area contributed by atoms with Crippen molar-refractivity contribution in [3.63, 3.8) is 0 Å². The molecular formula is C15H28N2S. The van der Waals surface area contributed by atoms with Gasteiger partial charge in [-0.1, -0.05) is 33.6 Å². The van der Waals surface area contributed by atoms with E-state index in [9.17, 15) is 0 Å². The molecule has 0 fully saturated rings. The number of hydrogen-bond acceptors (Lipinski definition) is 3. The lowest BCUT2D eigenvalue weighted by molar-refractivity contribution is 0.226. The molecular weight excluding hydrogens is 240 g/mol. The summed E-state index contributed by atoms with van der Waals surface area (Å²) < 4.78 is 0. The predicted octanol–water partition coefficient (Wildman–Crippen LogP) is 3.77. The van der Waals surface area contributed by atoms with Crippen molar-refractivity contribution in [3.05, 3.63) is 21.4 Å². The summed E-state index contributed by atoms with van der Waals surface area (Å²) in [7, 11) is 0. The van der Waals surface area contributed by atoms with E-state index in [-0.39, 0.29) is 0 Å². The van der Waals surface area contributed by atoms with Crippen LogP contribution in [0.25, 0.3) is 0 Å². The Bertz CT molecular complexity index is 342. The summed E-state index contributed by atoms with van der Waals surface area (Å²) in [4.78, 5) is 5.30. The Kier molecular flexibility index (Phi) is 6.90. The molecule has 2 nitrogen and oxygen atoms in total. The maximum atomic E-state index is 5.72. The van der Waals surface area contributed by atoms with Crippen molar-refractivity contribution in [1.29, 1.82) is 0 Å². The minimum absolute atomic E-state index is 0.671. The molecule has 0 atom stereocenters. The van der Waals surface area contributed by atoms with Crippen molar-refractivity contribution in [1.82, 2.24) is 4.90 Å². The minimum atomic E-state index is 0.671. The fourth-order valence-electron chi connectivity index (χ4n) is 2.30. The van der Waals surface area contributed by atoms with Crippen molar-refractivity contribution in [3.8, 4) is 0 Å². The summed E-state index contributed by atoms with van der Waals surface area (Å²) in [6, 6.07) is 2.29. The van der Waals surface area contributed by atoms with Crippen LogP contribution in [0, 0.1) is 12.8 Å². The number of thiophene rings is 1. The van der Waals surface area contributed by atoms with Crippen LogP contribution in [-0.2, 0) is 13.1 Å². The molecule has 0 aliphatic rings. The lowest BCUT2D eigenvalue weighted by Crippen LogP contribution is -2.28. The van der Waals surface area contributed by atoms with Gasteiger partial charge in [-0.2, -0.15) is 0 Å². The molecule has 0 saturated heterocycles. The summed E-state index contributed by atoms with van der Waals surface area (Å²) >= 11 is 1.85. The molecule has 1 heterocycles. The van der Waals surface area contributed by atoms with E-state index in [1.165, 1.54) is 34.7 Å². The molecule has 1 aromatic rings. The zero-order valence-electron chi connectivity index (χ0n) is 12.3. The average molecular weight is 268 g/mol. The first-order valence-electron chi connectivity index (χ1n) is 7.15. The number of hydrogen-bond donors (Lipinski definition) is 1. The summed E-state index contributed by atoms with van der Waals surface area (Å²) in [6.45, 7) is 13.2. The molecule has 1 aromatic heterocycles. The number of aryl methyl sites for hydroxylation is 1. The molecule has 1 rings (SSSR count). The number of nitrogens with two attached hydrogens (primary N) is 1. The Hall–Kier alpha value is -0.380. The third-order valence-electron chi connectivity index (χ3n) is 3.79. The molecule has 0 bridgehead atoms. The van der Waals surface area contributed by atoms with Gasteiger partial charge in [0.2, 0.25) is 0 Å². The van der Waals surface area contributed by atoms with E-state index in [1.54, 1.807) is 0 Å². The van der Waals surface area contributed by atoms with Crippen LogP contribution < -0.4 is 5.73 Å². The monoisotopic (exact) mass is 268 g/mol. The first-order valence-corrected chi connectivity index (χ1v) is 7.96. The van der Waals surface area contributed by atoms with Gasteiger partial charge < -0.3 is 5.73 Å². The zero-order chi connectivity index (χ0) is 13.5. The van der Waals surface area contributed by atoms with Crippen molar-refractivity contribution in [2.45, 2.75) is 53.6 Å². The topological polar surface area (TPSA) is 29.3 Å². The Balaban J connectivity index is 2.64. The van der Waals surface area contributed by atoms with Crippen molar-refractivity contribution < 1.29 is 0 Å². The third-order valence-corrected chi connectivity index (χ3v) is 4.90. The van der Waals surface area contributed by atoms with Crippen molar-refractivity contribution in [2.75, 3.05) is 13.1 Å². The maximum absolute atomic E-state index is 5.72. The van der Waals surface area contributed by atoms with Crippen LogP contribution >= 0.6 is 11.3 Å². The normalized spacial score (nSPS) is 11.7. The first-order chi connectivity index (χ1) is 8.64. The van der Waals surface area contributed by atoms with E-state index >= 15 is 0 Å². The van der Waals surface area contributed by atoms with Gasteiger partial charge in [0.1, 0.15) is 0 Å². The van der Waals surface area contributed by atoms with Crippen LogP contribution in [0.2, 0.25) is 0 Å². The maximum Gasteiger partial charge on any atom is 0.0274 e. The van der Waals surface area contributed by atoms with Gasteiger partial charge in [0.05, 0.1) is 0 Å².